The van der Waals surface area contributed by atoms with E-state index in [1.54, 1.807) is 37.4 Å². The van der Waals surface area contributed by atoms with E-state index < -0.39 is 0 Å². The largest absolute Gasteiger partial charge is 0.478 e. The second-order valence-electron chi connectivity index (χ2n) is 6.28. The molecule has 1 aliphatic rings. The summed E-state index contributed by atoms with van der Waals surface area (Å²) in [7, 11) is 5.34. The maximum atomic E-state index is 12.4. The average molecular weight is 345 g/mol. The summed E-state index contributed by atoms with van der Waals surface area (Å²) in [5.41, 5.74) is 0.405. The fourth-order valence-corrected chi connectivity index (χ4v) is 3.12. The van der Waals surface area contributed by atoms with E-state index in [0.29, 0.717) is 17.5 Å². The molecular formula is C16H23N7O2. The number of rotatable bonds is 5. The fourth-order valence-electron chi connectivity index (χ4n) is 3.12. The third kappa shape index (κ3) is 3.86. The van der Waals surface area contributed by atoms with Gasteiger partial charge in [-0.15, -0.1) is 5.10 Å². The van der Waals surface area contributed by atoms with E-state index in [1.807, 2.05) is 11.9 Å². The molecule has 0 aromatic carbocycles. The van der Waals surface area contributed by atoms with Gasteiger partial charge in [0.2, 0.25) is 0 Å². The molecule has 3 heterocycles. The average Bonchev–Trinajstić information content (AvgIpc) is 3.08. The van der Waals surface area contributed by atoms with Gasteiger partial charge in [-0.1, -0.05) is 5.21 Å². The molecule has 3 rings (SSSR count). The van der Waals surface area contributed by atoms with Crippen molar-refractivity contribution < 1.29 is 9.53 Å². The molecule has 0 aliphatic carbocycles. The third-order valence-electron chi connectivity index (χ3n) is 4.46. The van der Waals surface area contributed by atoms with Crippen LogP contribution in [0, 0.1) is 5.92 Å². The molecule has 9 nitrogen and oxygen atoms in total. The first-order valence-corrected chi connectivity index (χ1v) is 8.30. The molecule has 2 aromatic heterocycles. The van der Waals surface area contributed by atoms with E-state index >= 15 is 0 Å². The van der Waals surface area contributed by atoms with Crippen LogP contribution in [0.25, 0.3) is 0 Å². The molecule has 0 N–H and O–H groups in total. The van der Waals surface area contributed by atoms with Gasteiger partial charge in [0, 0.05) is 46.1 Å². The van der Waals surface area contributed by atoms with Crippen LogP contribution in [0.4, 0.5) is 5.82 Å². The number of piperidine rings is 1. The van der Waals surface area contributed by atoms with Crippen LogP contribution in [0.2, 0.25) is 0 Å². The fraction of sp³-hybridized carbons (Fsp3) is 0.562. The number of hydrogen-bond acceptors (Lipinski definition) is 7. The number of methoxy groups -OCH3 is 1. The number of carbonyl (C=O) groups is 1. The monoisotopic (exact) mass is 345 g/mol. The predicted molar refractivity (Wildman–Crippen MR) is 91.5 cm³/mol. The quantitative estimate of drug-likeness (QED) is 0.784. The molecule has 1 fully saturated rings. The summed E-state index contributed by atoms with van der Waals surface area (Å²) < 4.78 is 6.82. The minimum absolute atomic E-state index is 0.0458. The molecule has 0 unspecified atom stereocenters. The molecular weight excluding hydrogens is 322 g/mol. The summed E-state index contributed by atoms with van der Waals surface area (Å²) in [4.78, 5) is 24.9. The SMILES string of the molecule is COc1nccnc1N(C)CC1CCN(C(=O)c2cn(C)nn2)CC1. The number of ether oxygens (including phenoxy) is 1. The number of likely N-dealkylation sites (tertiary alicyclic amines) is 1. The first kappa shape index (κ1) is 17.1. The van der Waals surface area contributed by atoms with Gasteiger partial charge in [0.15, 0.2) is 11.5 Å². The van der Waals surface area contributed by atoms with Crippen LogP contribution in [0.15, 0.2) is 18.6 Å². The molecule has 0 radical (unpaired) electrons. The number of aryl methyl sites for hydroxylation is 1. The van der Waals surface area contributed by atoms with Crippen molar-refractivity contribution in [3.05, 3.63) is 24.3 Å². The van der Waals surface area contributed by atoms with E-state index in [1.165, 1.54) is 0 Å². The summed E-state index contributed by atoms with van der Waals surface area (Å²) in [6.45, 7) is 2.30. The van der Waals surface area contributed by atoms with Crippen molar-refractivity contribution in [3.8, 4) is 5.88 Å². The molecule has 0 spiro atoms. The Morgan fingerprint density at radius 3 is 2.68 bits per heavy atom. The van der Waals surface area contributed by atoms with Gasteiger partial charge in [0.25, 0.3) is 11.8 Å². The molecule has 1 amide bonds. The van der Waals surface area contributed by atoms with Crippen molar-refractivity contribution in [2.45, 2.75) is 12.8 Å². The first-order chi connectivity index (χ1) is 12.1. The maximum Gasteiger partial charge on any atom is 0.276 e. The number of hydrogen-bond donors (Lipinski definition) is 0. The van der Waals surface area contributed by atoms with E-state index in [0.717, 1.165) is 38.3 Å². The van der Waals surface area contributed by atoms with Crippen molar-refractivity contribution in [1.82, 2.24) is 29.9 Å². The van der Waals surface area contributed by atoms with Crippen LogP contribution in [0.5, 0.6) is 5.88 Å². The summed E-state index contributed by atoms with van der Waals surface area (Å²) >= 11 is 0. The molecule has 1 saturated heterocycles. The molecule has 9 heteroatoms. The van der Waals surface area contributed by atoms with Crippen LogP contribution in [0.1, 0.15) is 23.3 Å². The Hall–Kier alpha value is -2.71. The second-order valence-corrected chi connectivity index (χ2v) is 6.28. The van der Waals surface area contributed by atoms with Crippen LogP contribution in [-0.2, 0) is 7.05 Å². The lowest BCUT2D eigenvalue weighted by Gasteiger charge is -2.33. The highest BCUT2D eigenvalue weighted by Crippen LogP contribution is 2.25. The van der Waals surface area contributed by atoms with Gasteiger partial charge >= 0.3 is 0 Å². The van der Waals surface area contributed by atoms with Gasteiger partial charge in [-0.2, -0.15) is 0 Å². The van der Waals surface area contributed by atoms with Crippen molar-refractivity contribution in [2.24, 2.45) is 13.0 Å². The molecule has 0 saturated carbocycles. The smallest absolute Gasteiger partial charge is 0.276 e. The minimum Gasteiger partial charge on any atom is -0.478 e. The van der Waals surface area contributed by atoms with Crippen molar-refractivity contribution in [2.75, 3.05) is 38.7 Å². The Morgan fingerprint density at radius 1 is 1.32 bits per heavy atom. The molecule has 134 valence electrons. The Balaban J connectivity index is 1.55. The Morgan fingerprint density at radius 2 is 2.04 bits per heavy atom. The lowest BCUT2D eigenvalue weighted by Crippen LogP contribution is -2.41. The molecule has 25 heavy (non-hydrogen) atoms. The first-order valence-electron chi connectivity index (χ1n) is 8.30. The zero-order valence-electron chi connectivity index (χ0n) is 14.8. The van der Waals surface area contributed by atoms with Crippen LogP contribution >= 0.6 is 0 Å². The van der Waals surface area contributed by atoms with E-state index in [4.69, 9.17) is 4.74 Å². The van der Waals surface area contributed by atoms with E-state index in [-0.39, 0.29) is 5.91 Å². The number of aromatic nitrogens is 5. The van der Waals surface area contributed by atoms with Gasteiger partial charge < -0.3 is 14.5 Å². The summed E-state index contributed by atoms with van der Waals surface area (Å²) in [5, 5.41) is 7.73. The predicted octanol–water partition coefficient (Wildman–Crippen LogP) is 0.602. The third-order valence-corrected chi connectivity index (χ3v) is 4.46. The van der Waals surface area contributed by atoms with Gasteiger partial charge in [-0.3, -0.25) is 9.48 Å². The van der Waals surface area contributed by atoms with E-state index in [9.17, 15) is 4.79 Å². The van der Waals surface area contributed by atoms with Gasteiger partial charge in [0.1, 0.15) is 0 Å². The normalized spacial score (nSPS) is 15.2. The highest BCUT2D eigenvalue weighted by molar-refractivity contribution is 5.91. The lowest BCUT2D eigenvalue weighted by atomic mass is 9.96. The summed E-state index contributed by atoms with van der Waals surface area (Å²) in [6, 6.07) is 0. The Bertz CT molecular complexity index is 725. The van der Waals surface area contributed by atoms with Crippen LogP contribution in [-0.4, -0.2) is 69.6 Å². The summed E-state index contributed by atoms with van der Waals surface area (Å²) in [5.74, 6) is 1.71. The van der Waals surface area contributed by atoms with Gasteiger partial charge in [-0.05, 0) is 18.8 Å². The number of amides is 1. The second kappa shape index (κ2) is 7.45. The standard InChI is InChI=1S/C16H23N7O2/c1-21(14-15(25-3)18-7-6-17-14)10-12-4-8-23(9-5-12)16(24)13-11-22(2)20-19-13/h6-7,11-12H,4-5,8-10H2,1-3H3. The number of nitrogens with zero attached hydrogens (tertiary/aromatic N) is 7. The van der Waals surface area contributed by atoms with Crippen LogP contribution in [0.3, 0.4) is 0 Å². The van der Waals surface area contributed by atoms with Gasteiger partial charge in [-0.25, -0.2) is 9.97 Å². The molecule has 0 bridgehead atoms. The highest BCUT2D eigenvalue weighted by atomic mass is 16.5. The van der Waals surface area contributed by atoms with E-state index in [2.05, 4.69) is 25.2 Å². The summed E-state index contributed by atoms with van der Waals surface area (Å²) in [6.07, 6.45) is 6.82. The minimum atomic E-state index is -0.0458. The number of carbonyl (C=O) groups excluding carboxylic acids is 1. The zero-order valence-corrected chi connectivity index (χ0v) is 14.8. The zero-order chi connectivity index (χ0) is 17.8. The number of anilines is 1. The lowest BCUT2D eigenvalue weighted by molar-refractivity contribution is 0.0687. The van der Waals surface area contributed by atoms with Gasteiger partial charge in [0.05, 0.1) is 13.3 Å². The molecule has 0 atom stereocenters. The Kier molecular flexibility index (Phi) is 5.11. The van der Waals surface area contributed by atoms with Crippen molar-refractivity contribution in [3.63, 3.8) is 0 Å². The van der Waals surface area contributed by atoms with Crippen molar-refractivity contribution >= 4 is 11.7 Å². The van der Waals surface area contributed by atoms with Crippen LogP contribution < -0.4 is 9.64 Å². The Labute approximate surface area is 146 Å². The highest BCUT2D eigenvalue weighted by Gasteiger charge is 2.26. The van der Waals surface area contributed by atoms with Crippen molar-refractivity contribution in [1.29, 1.82) is 0 Å². The topological polar surface area (TPSA) is 89.3 Å². The molecule has 1 aliphatic heterocycles. The molecule has 2 aromatic rings. The maximum absolute atomic E-state index is 12.4.